The Bertz CT molecular complexity index is 306. The standard InChI is InChI=1S/C12H18ClNS/c1-2-7-14-11(9-3-4-9)8-10-5-6-12(13)15-10/h5-6,9,11,14H,2-4,7-8H2,1H3. The zero-order valence-electron chi connectivity index (χ0n) is 9.13. The van der Waals surface area contributed by atoms with Crippen LogP contribution in [0, 0.1) is 5.92 Å². The van der Waals surface area contributed by atoms with Gasteiger partial charge < -0.3 is 5.32 Å². The van der Waals surface area contributed by atoms with Gasteiger partial charge in [0.15, 0.2) is 0 Å². The van der Waals surface area contributed by atoms with Gasteiger partial charge in [0.1, 0.15) is 0 Å². The second-order valence-electron chi connectivity index (χ2n) is 4.31. The van der Waals surface area contributed by atoms with Crippen LogP contribution < -0.4 is 5.32 Å². The first-order valence-electron chi connectivity index (χ1n) is 5.77. The zero-order chi connectivity index (χ0) is 10.7. The number of thiophene rings is 1. The number of halogens is 1. The Morgan fingerprint density at radius 2 is 2.33 bits per heavy atom. The highest BCUT2D eigenvalue weighted by Crippen LogP contribution is 2.35. The molecule has 1 aliphatic carbocycles. The molecule has 0 aromatic carbocycles. The van der Waals surface area contributed by atoms with Crippen molar-refractivity contribution in [2.24, 2.45) is 5.92 Å². The van der Waals surface area contributed by atoms with Gasteiger partial charge in [-0.2, -0.15) is 0 Å². The minimum Gasteiger partial charge on any atom is -0.313 e. The maximum Gasteiger partial charge on any atom is 0.0931 e. The molecule has 1 saturated carbocycles. The summed E-state index contributed by atoms with van der Waals surface area (Å²) in [5, 5.41) is 3.65. The molecule has 15 heavy (non-hydrogen) atoms. The topological polar surface area (TPSA) is 12.0 Å². The van der Waals surface area contributed by atoms with E-state index < -0.39 is 0 Å². The summed E-state index contributed by atoms with van der Waals surface area (Å²) in [5.41, 5.74) is 0. The summed E-state index contributed by atoms with van der Waals surface area (Å²) in [6.45, 7) is 3.36. The van der Waals surface area contributed by atoms with Gasteiger partial charge in [-0.05, 0) is 50.3 Å². The third kappa shape index (κ3) is 3.47. The second-order valence-corrected chi connectivity index (χ2v) is 6.11. The van der Waals surface area contributed by atoms with Crippen molar-refractivity contribution in [3.05, 3.63) is 21.3 Å². The van der Waals surface area contributed by atoms with Crippen molar-refractivity contribution < 1.29 is 0 Å². The molecule has 3 heteroatoms. The molecule has 2 rings (SSSR count). The van der Waals surface area contributed by atoms with Crippen molar-refractivity contribution in [2.45, 2.75) is 38.6 Å². The maximum absolute atomic E-state index is 5.94. The van der Waals surface area contributed by atoms with Gasteiger partial charge >= 0.3 is 0 Å². The lowest BCUT2D eigenvalue weighted by Crippen LogP contribution is -2.33. The summed E-state index contributed by atoms with van der Waals surface area (Å²) < 4.78 is 0.912. The van der Waals surface area contributed by atoms with Crippen LogP contribution in [0.15, 0.2) is 12.1 Å². The van der Waals surface area contributed by atoms with Crippen LogP contribution in [0.5, 0.6) is 0 Å². The van der Waals surface area contributed by atoms with Crippen LogP contribution in [0.4, 0.5) is 0 Å². The van der Waals surface area contributed by atoms with Gasteiger partial charge in [0.2, 0.25) is 0 Å². The Labute approximate surface area is 101 Å². The molecule has 1 unspecified atom stereocenters. The van der Waals surface area contributed by atoms with E-state index in [0.29, 0.717) is 6.04 Å². The summed E-state index contributed by atoms with van der Waals surface area (Å²) in [7, 11) is 0. The van der Waals surface area contributed by atoms with E-state index in [1.54, 1.807) is 11.3 Å². The molecule has 0 saturated heterocycles. The molecule has 1 heterocycles. The quantitative estimate of drug-likeness (QED) is 0.803. The number of hydrogen-bond acceptors (Lipinski definition) is 2. The van der Waals surface area contributed by atoms with E-state index in [4.69, 9.17) is 11.6 Å². The minimum atomic E-state index is 0.680. The van der Waals surface area contributed by atoms with E-state index in [1.807, 2.05) is 6.07 Å². The molecule has 1 nitrogen and oxygen atoms in total. The van der Waals surface area contributed by atoms with Gasteiger partial charge in [0, 0.05) is 10.9 Å². The predicted octanol–water partition coefficient (Wildman–Crippen LogP) is 3.72. The third-order valence-electron chi connectivity index (χ3n) is 2.90. The average molecular weight is 244 g/mol. The van der Waals surface area contributed by atoms with E-state index >= 15 is 0 Å². The van der Waals surface area contributed by atoms with Crippen molar-refractivity contribution in [3.63, 3.8) is 0 Å². The fourth-order valence-corrected chi connectivity index (χ4v) is 3.06. The van der Waals surface area contributed by atoms with Gasteiger partial charge in [-0.3, -0.25) is 0 Å². The molecule has 1 N–H and O–H groups in total. The van der Waals surface area contributed by atoms with Crippen LogP contribution >= 0.6 is 22.9 Å². The van der Waals surface area contributed by atoms with E-state index in [-0.39, 0.29) is 0 Å². The molecule has 1 atom stereocenters. The Hall–Kier alpha value is -0.0500. The molecular formula is C12H18ClNS. The molecule has 0 spiro atoms. The lowest BCUT2D eigenvalue weighted by atomic mass is 10.1. The number of rotatable bonds is 6. The first-order valence-corrected chi connectivity index (χ1v) is 6.96. The largest absolute Gasteiger partial charge is 0.313 e. The summed E-state index contributed by atoms with van der Waals surface area (Å²) in [6, 6.07) is 4.85. The Balaban J connectivity index is 1.88. The van der Waals surface area contributed by atoms with Gasteiger partial charge in [0.25, 0.3) is 0 Å². The predicted molar refractivity (Wildman–Crippen MR) is 67.8 cm³/mol. The molecule has 1 fully saturated rings. The summed E-state index contributed by atoms with van der Waals surface area (Å²) in [4.78, 5) is 1.42. The molecule has 1 aliphatic rings. The lowest BCUT2D eigenvalue weighted by Gasteiger charge is -2.16. The van der Waals surface area contributed by atoms with Gasteiger partial charge in [-0.15, -0.1) is 11.3 Å². The molecule has 0 amide bonds. The Morgan fingerprint density at radius 1 is 1.53 bits per heavy atom. The highest BCUT2D eigenvalue weighted by molar-refractivity contribution is 7.16. The highest BCUT2D eigenvalue weighted by Gasteiger charge is 2.30. The van der Waals surface area contributed by atoms with Crippen LogP contribution in [0.2, 0.25) is 4.34 Å². The van der Waals surface area contributed by atoms with E-state index in [0.717, 1.165) is 23.2 Å². The first-order chi connectivity index (χ1) is 7.29. The van der Waals surface area contributed by atoms with Crippen LogP contribution in [0.25, 0.3) is 0 Å². The molecular weight excluding hydrogens is 226 g/mol. The second kappa shape index (κ2) is 5.33. The molecule has 0 bridgehead atoms. The first kappa shape index (κ1) is 11.4. The maximum atomic E-state index is 5.94. The highest BCUT2D eigenvalue weighted by atomic mass is 35.5. The van der Waals surface area contributed by atoms with E-state index in [2.05, 4.69) is 18.3 Å². The zero-order valence-corrected chi connectivity index (χ0v) is 10.7. The fraction of sp³-hybridized carbons (Fsp3) is 0.667. The molecule has 1 aromatic heterocycles. The SMILES string of the molecule is CCCNC(Cc1ccc(Cl)s1)C1CC1. The van der Waals surface area contributed by atoms with Crippen LogP contribution in [0.3, 0.4) is 0 Å². The Morgan fingerprint density at radius 3 is 2.87 bits per heavy atom. The summed E-state index contributed by atoms with van der Waals surface area (Å²) in [5.74, 6) is 0.914. The monoisotopic (exact) mass is 243 g/mol. The lowest BCUT2D eigenvalue weighted by molar-refractivity contribution is 0.462. The van der Waals surface area contributed by atoms with E-state index in [9.17, 15) is 0 Å². The molecule has 0 radical (unpaired) electrons. The van der Waals surface area contributed by atoms with E-state index in [1.165, 1.54) is 24.1 Å². The van der Waals surface area contributed by atoms with Crippen molar-refractivity contribution in [3.8, 4) is 0 Å². The minimum absolute atomic E-state index is 0.680. The van der Waals surface area contributed by atoms with Gasteiger partial charge in [-0.1, -0.05) is 18.5 Å². The summed E-state index contributed by atoms with van der Waals surface area (Å²) >= 11 is 7.66. The van der Waals surface area contributed by atoms with Crippen LogP contribution in [-0.4, -0.2) is 12.6 Å². The fourth-order valence-electron chi connectivity index (χ4n) is 1.91. The molecule has 1 aromatic rings. The Kier molecular flexibility index (Phi) is 4.06. The molecule has 84 valence electrons. The van der Waals surface area contributed by atoms with Crippen molar-refractivity contribution in [1.82, 2.24) is 5.32 Å². The van der Waals surface area contributed by atoms with Crippen molar-refractivity contribution >= 4 is 22.9 Å². The van der Waals surface area contributed by atoms with Gasteiger partial charge in [0.05, 0.1) is 4.34 Å². The van der Waals surface area contributed by atoms with Crippen LogP contribution in [-0.2, 0) is 6.42 Å². The molecule has 0 aliphatic heterocycles. The normalized spacial score (nSPS) is 18.0. The van der Waals surface area contributed by atoms with Crippen LogP contribution in [0.1, 0.15) is 31.1 Å². The van der Waals surface area contributed by atoms with Gasteiger partial charge in [-0.25, -0.2) is 0 Å². The van der Waals surface area contributed by atoms with Crippen molar-refractivity contribution in [1.29, 1.82) is 0 Å². The number of hydrogen-bond donors (Lipinski definition) is 1. The third-order valence-corrected chi connectivity index (χ3v) is 4.15. The average Bonchev–Trinajstić information content (AvgIpc) is 2.98. The number of nitrogens with one attached hydrogen (secondary N) is 1. The smallest absolute Gasteiger partial charge is 0.0931 e. The summed E-state index contributed by atoms with van der Waals surface area (Å²) in [6.07, 6.45) is 5.18. The van der Waals surface area contributed by atoms with Crippen molar-refractivity contribution in [2.75, 3.05) is 6.54 Å².